The van der Waals surface area contributed by atoms with Crippen LogP contribution in [0.3, 0.4) is 0 Å². The van der Waals surface area contributed by atoms with Crippen LogP contribution in [0, 0.1) is 0 Å². The standard InChI is InChI=1S/C20H18ClN5O3/c1-10(27)26-9-14(18-16(26)6-12(8-23-18)19(22)28)24-20(29)17-5-11-3-4-13(21)7-15(11)25(17)2/h3-8,14H,9H2,1-2H3,(H2,22,28)(H,24,29). The Bertz CT molecular complexity index is 1190. The molecule has 0 bridgehead atoms. The number of pyridine rings is 1. The summed E-state index contributed by atoms with van der Waals surface area (Å²) in [5, 5.41) is 4.41. The minimum absolute atomic E-state index is 0.201. The van der Waals surface area contributed by atoms with Crippen LogP contribution in [0.25, 0.3) is 10.9 Å². The van der Waals surface area contributed by atoms with Crippen molar-refractivity contribution in [3.63, 3.8) is 0 Å². The summed E-state index contributed by atoms with van der Waals surface area (Å²) in [4.78, 5) is 42.2. The number of carbonyl (C=O) groups is 3. The summed E-state index contributed by atoms with van der Waals surface area (Å²) in [6, 6.07) is 8.21. The van der Waals surface area contributed by atoms with Crippen LogP contribution in [-0.2, 0) is 11.8 Å². The molecule has 1 unspecified atom stereocenters. The maximum absolute atomic E-state index is 13.0. The number of halogens is 1. The Morgan fingerprint density at radius 3 is 2.69 bits per heavy atom. The number of fused-ring (bicyclic) bond motifs is 2. The second-order valence-corrected chi connectivity index (χ2v) is 7.38. The Balaban J connectivity index is 1.67. The fourth-order valence-electron chi connectivity index (χ4n) is 3.62. The highest BCUT2D eigenvalue weighted by Crippen LogP contribution is 2.34. The monoisotopic (exact) mass is 411 g/mol. The third kappa shape index (κ3) is 3.21. The molecular formula is C20H18ClN5O3. The maximum Gasteiger partial charge on any atom is 0.268 e. The number of amides is 3. The van der Waals surface area contributed by atoms with E-state index in [1.807, 2.05) is 6.07 Å². The molecule has 4 rings (SSSR count). The molecule has 29 heavy (non-hydrogen) atoms. The molecule has 3 aromatic rings. The minimum Gasteiger partial charge on any atom is -0.366 e. The van der Waals surface area contributed by atoms with Crippen LogP contribution in [0.5, 0.6) is 0 Å². The molecule has 0 fully saturated rings. The lowest BCUT2D eigenvalue weighted by molar-refractivity contribution is -0.116. The van der Waals surface area contributed by atoms with Crippen molar-refractivity contribution in [2.24, 2.45) is 12.8 Å². The lowest BCUT2D eigenvalue weighted by Gasteiger charge is -2.16. The van der Waals surface area contributed by atoms with Gasteiger partial charge in [0.25, 0.3) is 5.91 Å². The van der Waals surface area contributed by atoms with E-state index < -0.39 is 11.9 Å². The Kier molecular flexibility index (Phi) is 4.50. The van der Waals surface area contributed by atoms with Gasteiger partial charge in [-0.3, -0.25) is 19.4 Å². The van der Waals surface area contributed by atoms with Crippen molar-refractivity contribution in [2.75, 3.05) is 11.4 Å². The number of nitrogens with zero attached hydrogens (tertiary/aromatic N) is 3. The molecule has 1 aliphatic heterocycles. The third-order valence-electron chi connectivity index (χ3n) is 5.09. The Morgan fingerprint density at radius 1 is 1.24 bits per heavy atom. The lowest BCUT2D eigenvalue weighted by Crippen LogP contribution is -2.35. The summed E-state index contributed by atoms with van der Waals surface area (Å²) in [5.74, 6) is -1.15. The first kappa shape index (κ1) is 18.9. The van der Waals surface area contributed by atoms with Gasteiger partial charge in [0, 0.05) is 36.1 Å². The number of benzene rings is 1. The van der Waals surface area contributed by atoms with Crippen LogP contribution in [0.2, 0.25) is 5.02 Å². The van der Waals surface area contributed by atoms with Gasteiger partial charge in [0.2, 0.25) is 11.8 Å². The molecule has 0 saturated carbocycles. The molecule has 3 heterocycles. The molecule has 148 valence electrons. The zero-order chi connectivity index (χ0) is 20.9. The van der Waals surface area contributed by atoms with Gasteiger partial charge in [-0.25, -0.2) is 0 Å². The first-order valence-electron chi connectivity index (χ1n) is 8.90. The number of rotatable bonds is 3. The van der Waals surface area contributed by atoms with E-state index in [4.69, 9.17) is 17.3 Å². The Morgan fingerprint density at radius 2 is 2.00 bits per heavy atom. The van der Waals surface area contributed by atoms with E-state index in [2.05, 4.69) is 10.3 Å². The summed E-state index contributed by atoms with van der Waals surface area (Å²) < 4.78 is 1.76. The maximum atomic E-state index is 13.0. The molecule has 9 heteroatoms. The highest BCUT2D eigenvalue weighted by Gasteiger charge is 2.34. The molecule has 0 aliphatic carbocycles. The predicted octanol–water partition coefficient (Wildman–Crippen LogP) is 2.16. The van der Waals surface area contributed by atoms with Crippen LogP contribution in [0.4, 0.5) is 5.69 Å². The zero-order valence-corrected chi connectivity index (χ0v) is 16.5. The highest BCUT2D eigenvalue weighted by atomic mass is 35.5. The van der Waals surface area contributed by atoms with Gasteiger partial charge in [-0.1, -0.05) is 17.7 Å². The minimum atomic E-state index is -0.634. The molecule has 0 radical (unpaired) electrons. The second kappa shape index (κ2) is 6.89. The topological polar surface area (TPSA) is 110 Å². The van der Waals surface area contributed by atoms with E-state index in [9.17, 15) is 14.4 Å². The van der Waals surface area contributed by atoms with Crippen molar-refractivity contribution >= 4 is 45.9 Å². The van der Waals surface area contributed by atoms with E-state index in [1.54, 1.807) is 29.8 Å². The van der Waals surface area contributed by atoms with Crippen LogP contribution >= 0.6 is 11.6 Å². The summed E-state index contributed by atoms with van der Waals surface area (Å²) in [5.41, 5.74) is 7.81. The Hall–Kier alpha value is -3.39. The van der Waals surface area contributed by atoms with Gasteiger partial charge in [-0.05, 0) is 24.3 Å². The number of nitrogens with two attached hydrogens (primary N) is 1. The van der Waals surface area contributed by atoms with Gasteiger partial charge in [0.15, 0.2) is 0 Å². The molecule has 3 N–H and O–H groups in total. The zero-order valence-electron chi connectivity index (χ0n) is 15.8. The molecular weight excluding hydrogens is 394 g/mol. The number of aryl methyl sites for hydroxylation is 1. The van der Waals surface area contributed by atoms with E-state index in [0.29, 0.717) is 22.1 Å². The third-order valence-corrected chi connectivity index (χ3v) is 5.33. The van der Waals surface area contributed by atoms with Crippen LogP contribution in [-0.4, -0.2) is 33.8 Å². The van der Waals surface area contributed by atoms with Gasteiger partial charge in [-0.2, -0.15) is 0 Å². The first-order valence-corrected chi connectivity index (χ1v) is 9.27. The second-order valence-electron chi connectivity index (χ2n) is 6.94. The smallest absolute Gasteiger partial charge is 0.268 e. The summed E-state index contributed by atoms with van der Waals surface area (Å²) in [6.07, 6.45) is 1.35. The van der Waals surface area contributed by atoms with Crippen molar-refractivity contribution in [3.8, 4) is 0 Å². The fraction of sp³-hybridized carbons (Fsp3) is 0.200. The summed E-state index contributed by atoms with van der Waals surface area (Å²) in [7, 11) is 1.79. The van der Waals surface area contributed by atoms with Crippen molar-refractivity contribution in [2.45, 2.75) is 13.0 Å². The van der Waals surface area contributed by atoms with E-state index in [0.717, 1.165) is 10.9 Å². The number of carbonyl (C=O) groups excluding carboxylic acids is 3. The van der Waals surface area contributed by atoms with E-state index in [1.165, 1.54) is 24.1 Å². The van der Waals surface area contributed by atoms with Gasteiger partial charge >= 0.3 is 0 Å². The normalized spacial score (nSPS) is 15.4. The molecule has 2 aromatic heterocycles. The van der Waals surface area contributed by atoms with Crippen molar-refractivity contribution in [1.29, 1.82) is 0 Å². The Labute approximate surface area is 171 Å². The number of anilines is 1. The van der Waals surface area contributed by atoms with Crippen LogP contribution in [0.1, 0.15) is 39.5 Å². The van der Waals surface area contributed by atoms with Crippen LogP contribution < -0.4 is 16.0 Å². The molecule has 1 atom stereocenters. The lowest BCUT2D eigenvalue weighted by atomic mass is 10.1. The molecule has 8 nitrogen and oxygen atoms in total. The number of hydrogen-bond donors (Lipinski definition) is 2. The number of hydrogen-bond acceptors (Lipinski definition) is 4. The molecule has 0 saturated heterocycles. The molecule has 0 spiro atoms. The average Bonchev–Trinajstić information content (AvgIpc) is 3.20. The molecule has 3 amide bonds. The largest absolute Gasteiger partial charge is 0.366 e. The first-order chi connectivity index (χ1) is 13.8. The van der Waals surface area contributed by atoms with Crippen molar-refractivity contribution < 1.29 is 14.4 Å². The average molecular weight is 412 g/mol. The summed E-state index contributed by atoms with van der Waals surface area (Å²) in [6.45, 7) is 1.64. The van der Waals surface area contributed by atoms with Crippen LogP contribution in [0.15, 0.2) is 36.5 Å². The molecule has 1 aromatic carbocycles. The van der Waals surface area contributed by atoms with Gasteiger partial charge in [0.05, 0.1) is 29.5 Å². The van der Waals surface area contributed by atoms with Gasteiger partial charge < -0.3 is 20.5 Å². The number of aromatic nitrogens is 2. The fourth-order valence-corrected chi connectivity index (χ4v) is 3.78. The molecule has 1 aliphatic rings. The van der Waals surface area contributed by atoms with Gasteiger partial charge in [0.1, 0.15) is 5.69 Å². The number of nitrogens with one attached hydrogen (secondary N) is 1. The van der Waals surface area contributed by atoms with E-state index in [-0.39, 0.29) is 23.9 Å². The van der Waals surface area contributed by atoms with Crippen molar-refractivity contribution in [3.05, 3.63) is 58.5 Å². The van der Waals surface area contributed by atoms with Crippen molar-refractivity contribution in [1.82, 2.24) is 14.9 Å². The highest BCUT2D eigenvalue weighted by molar-refractivity contribution is 6.31. The van der Waals surface area contributed by atoms with Gasteiger partial charge in [-0.15, -0.1) is 0 Å². The summed E-state index contributed by atoms with van der Waals surface area (Å²) >= 11 is 6.06. The quantitative estimate of drug-likeness (QED) is 0.688. The predicted molar refractivity (Wildman–Crippen MR) is 109 cm³/mol. The number of primary amides is 1. The SMILES string of the molecule is CC(=O)N1CC(NC(=O)c2cc3ccc(Cl)cc3n2C)c2ncc(C(N)=O)cc21. The van der Waals surface area contributed by atoms with E-state index >= 15 is 0 Å².